The number of halogens is 1. The van der Waals surface area contributed by atoms with Crippen LogP contribution in [0.15, 0.2) is 15.6 Å². The highest BCUT2D eigenvalue weighted by Crippen LogP contribution is 2.18. The van der Waals surface area contributed by atoms with Gasteiger partial charge in [-0.05, 0) is 28.8 Å². The van der Waals surface area contributed by atoms with Crippen LogP contribution in [-0.2, 0) is 4.79 Å². The van der Waals surface area contributed by atoms with E-state index in [-0.39, 0.29) is 11.5 Å². The zero-order chi connectivity index (χ0) is 12.3. The summed E-state index contributed by atoms with van der Waals surface area (Å²) in [5, 5.41) is 5.83. The van der Waals surface area contributed by atoms with Crippen LogP contribution in [0.4, 0.5) is 5.82 Å². The van der Waals surface area contributed by atoms with E-state index in [0.717, 1.165) is 12.8 Å². The van der Waals surface area contributed by atoms with Gasteiger partial charge in [-0.15, -0.1) is 0 Å². The summed E-state index contributed by atoms with van der Waals surface area (Å²) in [5.74, 6) is 0.480. The maximum Gasteiger partial charge on any atom is 0.267 e. The normalized spacial score (nSPS) is 14.4. The molecule has 3 N–H and O–H groups in total. The molecule has 7 heteroatoms. The van der Waals surface area contributed by atoms with Gasteiger partial charge in [-0.3, -0.25) is 9.59 Å². The molecule has 0 aromatic carbocycles. The number of anilines is 1. The zero-order valence-corrected chi connectivity index (χ0v) is 10.7. The number of rotatable bonds is 5. The maximum absolute atomic E-state index is 11.4. The van der Waals surface area contributed by atoms with E-state index in [9.17, 15) is 9.59 Å². The Balaban J connectivity index is 1.79. The van der Waals surface area contributed by atoms with E-state index in [1.807, 2.05) is 0 Å². The van der Waals surface area contributed by atoms with E-state index in [0.29, 0.717) is 29.3 Å². The van der Waals surface area contributed by atoms with Crippen LogP contribution in [0.2, 0.25) is 0 Å². The van der Waals surface area contributed by atoms with Crippen LogP contribution in [0, 0.1) is 0 Å². The molecule has 1 aromatic heterocycles. The Hall–Kier alpha value is -1.37. The summed E-state index contributed by atoms with van der Waals surface area (Å²) in [5.41, 5.74) is -0.245. The van der Waals surface area contributed by atoms with Gasteiger partial charge in [0.05, 0.1) is 6.33 Å². The number of carbonyl (C=O) groups is 1. The van der Waals surface area contributed by atoms with Crippen molar-refractivity contribution in [1.29, 1.82) is 0 Å². The van der Waals surface area contributed by atoms with Gasteiger partial charge in [0.25, 0.3) is 5.56 Å². The Morgan fingerprint density at radius 3 is 3.06 bits per heavy atom. The third kappa shape index (κ3) is 3.55. The van der Waals surface area contributed by atoms with E-state index in [1.165, 1.54) is 6.33 Å². The molecule has 0 aliphatic heterocycles. The topological polar surface area (TPSA) is 86.9 Å². The van der Waals surface area contributed by atoms with Gasteiger partial charge in [-0.2, -0.15) is 0 Å². The lowest BCUT2D eigenvalue weighted by atomic mass is 10.4. The number of amides is 1. The van der Waals surface area contributed by atoms with Crippen LogP contribution >= 0.6 is 15.9 Å². The smallest absolute Gasteiger partial charge is 0.267 e. The fourth-order valence-corrected chi connectivity index (χ4v) is 1.69. The van der Waals surface area contributed by atoms with Crippen molar-refractivity contribution in [3.8, 4) is 0 Å². The molecule has 1 fully saturated rings. The molecule has 1 heterocycles. The van der Waals surface area contributed by atoms with Crippen molar-refractivity contribution in [3.63, 3.8) is 0 Å². The number of H-pyrrole nitrogens is 1. The number of aromatic amines is 1. The Labute approximate surface area is 106 Å². The minimum atomic E-state index is -0.245. The molecular weight excluding hydrogens is 288 g/mol. The quantitative estimate of drug-likeness (QED) is 0.744. The second-order valence-corrected chi connectivity index (χ2v) is 4.71. The van der Waals surface area contributed by atoms with Crippen LogP contribution in [-0.4, -0.2) is 28.5 Å². The van der Waals surface area contributed by atoms with Crippen molar-refractivity contribution in [2.24, 2.45) is 0 Å². The minimum absolute atomic E-state index is 0.0287. The maximum atomic E-state index is 11.4. The molecule has 0 atom stereocenters. The second kappa shape index (κ2) is 5.31. The van der Waals surface area contributed by atoms with Crippen LogP contribution in [0.25, 0.3) is 0 Å². The summed E-state index contributed by atoms with van der Waals surface area (Å²) in [7, 11) is 0. The summed E-state index contributed by atoms with van der Waals surface area (Å²) >= 11 is 3.13. The molecule has 0 bridgehead atoms. The first kappa shape index (κ1) is 12.1. The van der Waals surface area contributed by atoms with Gasteiger partial charge in [-0.25, -0.2) is 4.98 Å². The molecule has 0 spiro atoms. The lowest BCUT2D eigenvalue weighted by Crippen LogP contribution is -2.27. The fraction of sp³-hybridized carbons (Fsp3) is 0.500. The van der Waals surface area contributed by atoms with Crippen molar-refractivity contribution >= 4 is 27.7 Å². The van der Waals surface area contributed by atoms with E-state index in [4.69, 9.17) is 0 Å². The van der Waals surface area contributed by atoms with E-state index >= 15 is 0 Å². The van der Waals surface area contributed by atoms with Gasteiger partial charge in [0.2, 0.25) is 5.91 Å². The molecular formula is C10H13BrN4O2. The SMILES string of the molecule is O=C(CCNc1nc[nH]c(=O)c1Br)NC1CC1. The highest BCUT2D eigenvalue weighted by Gasteiger charge is 2.22. The van der Waals surface area contributed by atoms with Gasteiger partial charge in [-0.1, -0.05) is 0 Å². The van der Waals surface area contributed by atoms with E-state index in [2.05, 4.69) is 36.5 Å². The molecule has 92 valence electrons. The summed E-state index contributed by atoms with van der Waals surface area (Å²) in [6.07, 6.45) is 3.86. The number of nitrogens with one attached hydrogen (secondary N) is 3. The van der Waals surface area contributed by atoms with Crippen LogP contribution in [0.1, 0.15) is 19.3 Å². The summed E-state index contributed by atoms with van der Waals surface area (Å²) in [4.78, 5) is 29.0. The van der Waals surface area contributed by atoms with Gasteiger partial charge in [0, 0.05) is 19.0 Å². The zero-order valence-electron chi connectivity index (χ0n) is 9.12. The summed E-state index contributed by atoms with van der Waals surface area (Å²) in [6, 6.07) is 0.381. The standard InChI is InChI=1S/C10H13BrN4O2/c11-8-9(13-5-14-10(8)17)12-4-3-7(16)15-6-1-2-6/h5-6H,1-4H2,(H,15,16)(H2,12,13,14,17). The van der Waals surface area contributed by atoms with Gasteiger partial charge in [0.1, 0.15) is 10.3 Å². The molecule has 1 aromatic rings. The molecule has 0 saturated heterocycles. The monoisotopic (exact) mass is 300 g/mol. The van der Waals surface area contributed by atoms with Gasteiger partial charge in [0.15, 0.2) is 0 Å². The number of nitrogens with zero attached hydrogens (tertiary/aromatic N) is 1. The van der Waals surface area contributed by atoms with Crippen molar-refractivity contribution in [3.05, 3.63) is 21.2 Å². The molecule has 0 radical (unpaired) electrons. The lowest BCUT2D eigenvalue weighted by molar-refractivity contribution is -0.120. The first-order valence-electron chi connectivity index (χ1n) is 5.43. The Morgan fingerprint density at radius 1 is 1.59 bits per heavy atom. The average molecular weight is 301 g/mol. The van der Waals surface area contributed by atoms with Crippen molar-refractivity contribution in [2.45, 2.75) is 25.3 Å². The molecule has 1 aliphatic carbocycles. The third-order valence-corrected chi connectivity index (χ3v) is 3.12. The molecule has 1 aliphatic rings. The fourth-order valence-electron chi connectivity index (χ4n) is 1.33. The predicted octanol–water partition coefficient (Wildman–Crippen LogP) is 0.613. The van der Waals surface area contributed by atoms with E-state index in [1.54, 1.807) is 0 Å². The molecule has 0 unspecified atom stereocenters. The van der Waals surface area contributed by atoms with Gasteiger partial charge >= 0.3 is 0 Å². The number of hydrogen-bond donors (Lipinski definition) is 3. The first-order valence-corrected chi connectivity index (χ1v) is 6.22. The van der Waals surface area contributed by atoms with Crippen molar-refractivity contribution < 1.29 is 4.79 Å². The van der Waals surface area contributed by atoms with Gasteiger partial charge < -0.3 is 15.6 Å². The number of carbonyl (C=O) groups excluding carboxylic acids is 1. The highest BCUT2D eigenvalue weighted by atomic mass is 79.9. The first-order chi connectivity index (χ1) is 8.16. The molecule has 2 rings (SSSR count). The Morgan fingerprint density at radius 2 is 2.35 bits per heavy atom. The number of aromatic nitrogens is 2. The molecule has 6 nitrogen and oxygen atoms in total. The van der Waals surface area contributed by atoms with Crippen molar-refractivity contribution in [1.82, 2.24) is 15.3 Å². The lowest BCUT2D eigenvalue weighted by Gasteiger charge is -2.06. The highest BCUT2D eigenvalue weighted by molar-refractivity contribution is 9.10. The molecule has 17 heavy (non-hydrogen) atoms. The molecule has 1 saturated carbocycles. The second-order valence-electron chi connectivity index (χ2n) is 3.91. The molecule has 1 amide bonds. The van der Waals surface area contributed by atoms with Crippen LogP contribution in [0.3, 0.4) is 0 Å². The third-order valence-electron chi connectivity index (χ3n) is 2.38. The van der Waals surface area contributed by atoms with Crippen LogP contribution < -0.4 is 16.2 Å². The van der Waals surface area contributed by atoms with Crippen LogP contribution in [0.5, 0.6) is 0 Å². The number of hydrogen-bond acceptors (Lipinski definition) is 4. The average Bonchev–Trinajstić information content (AvgIpc) is 3.08. The largest absolute Gasteiger partial charge is 0.368 e. The summed E-state index contributed by atoms with van der Waals surface area (Å²) in [6.45, 7) is 0.452. The Bertz CT molecular complexity index is 470. The Kier molecular flexibility index (Phi) is 3.78. The summed E-state index contributed by atoms with van der Waals surface area (Å²) < 4.78 is 0.350. The predicted molar refractivity (Wildman–Crippen MR) is 66.8 cm³/mol. The van der Waals surface area contributed by atoms with Crippen molar-refractivity contribution in [2.75, 3.05) is 11.9 Å². The van der Waals surface area contributed by atoms with E-state index < -0.39 is 0 Å². The minimum Gasteiger partial charge on any atom is -0.368 e.